The van der Waals surface area contributed by atoms with Crippen molar-refractivity contribution in [2.45, 2.75) is 13.2 Å². The molecular weight excluding hydrogens is 301 g/mol. The Morgan fingerprint density at radius 3 is 2.65 bits per heavy atom. The van der Waals surface area contributed by atoms with Crippen molar-refractivity contribution in [2.75, 3.05) is 7.11 Å². The highest BCUT2D eigenvalue weighted by atomic mass is 35.5. The van der Waals surface area contributed by atoms with Crippen LogP contribution in [0.15, 0.2) is 30.5 Å². The number of nitrogens with zero attached hydrogens (tertiary/aromatic N) is 1. The van der Waals surface area contributed by atoms with Crippen LogP contribution >= 0.6 is 23.2 Å². The van der Waals surface area contributed by atoms with Gasteiger partial charge >= 0.3 is 0 Å². The molecule has 0 amide bonds. The SMILES string of the molecule is COc1cc(CO)ccc1OCc1cnc(Cl)cc1Cl. The molecule has 1 N–H and O–H groups in total. The molecular formula is C14H13Cl2NO3. The Morgan fingerprint density at radius 1 is 1.20 bits per heavy atom. The van der Waals surface area contributed by atoms with Gasteiger partial charge in [0.25, 0.3) is 0 Å². The van der Waals surface area contributed by atoms with Gasteiger partial charge in [0.05, 0.1) is 18.7 Å². The van der Waals surface area contributed by atoms with E-state index < -0.39 is 0 Å². The first-order valence-corrected chi connectivity index (χ1v) is 6.60. The lowest BCUT2D eigenvalue weighted by molar-refractivity contribution is 0.274. The number of aromatic nitrogens is 1. The van der Waals surface area contributed by atoms with E-state index >= 15 is 0 Å². The van der Waals surface area contributed by atoms with Crippen LogP contribution < -0.4 is 9.47 Å². The third-order valence-corrected chi connectivity index (χ3v) is 3.25. The minimum absolute atomic E-state index is 0.0520. The van der Waals surface area contributed by atoms with Crippen molar-refractivity contribution in [1.29, 1.82) is 0 Å². The van der Waals surface area contributed by atoms with Crippen LogP contribution in [0.25, 0.3) is 0 Å². The first kappa shape index (κ1) is 14.9. The fraction of sp³-hybridized carbons (Fsp3) is 0.214. The second-order valence-corrected chi connectivity index (χ2v) is 4.82. The highest BCUT2D eigenvalue weighted by molar-refractivity contribution is 6.34. The highest BCUT2D eigenvalue weighted by Gasteiger charge is 2.08. The molecule has 0 fully saturated rings. The van der Waals surface area contributed by atoms with Gasteiger partial charge < -0.3 is 14.6 Å². The largest absolute Gasteiger partial charge is 0.493 e. The van der Waals surface area contributed by atoms with Crippen LogP contribution in [0.5, 0.6) is 11.5 Å². The molecule has 106 valence electrons. The van der Waals surface area contributed by atoms with Crippen molar-refractivity contribution < 1.29 is 14.6 Å². The zero-order valence-corrected chi connectivity index (χ0v) is 12.3. The maximum atomic E-state index is 9.08. The van der Waals surface area contributed by atoms with Crippen molar-refractivity contribution in [3.8, 4) is 11.5 Å². The van der Waals surface area contributed by atoms with Gasteiger partial charge in [-0.1, -0.05) is 29.3 Å². The molecule has 20 heavy (non-hydrogen) atoms. The average Bonchev–Trinajstić information content (AvgIpc) is 2.46. The van der Waals surface area contributed by atoms with Gasteiger partial charge in [-0.25, -0.2) is 4.98 Å². The molecule has 0 aliphatic rings. The fourth-order valence-electron chi connectivity index (χ4n) is 1.63. The van der Waals surface area contributed by atoms with Gasteiger partial charge in [-0.3, -0.25) is 0 Å². The van der Waals surface area contributed by atoms with Crippen molar-refractivity contribution in [3.05, 3.63) is 51.8 Å². The van der Waals surface area contributed by atoms with Crippen molar-refractivity contribution in [1.82, 2.24) is 4.98 Å². The summed E-state index contributed by atoms with van der Waals surface area (Å²) in [5.41, 5.74) is 1.48. The zero-order chi connectivity index (χ0) is 14.5. The van der Waals surface area contributed by atoms with Crippen LogP contribution in [0.1, 0.15) is 11.1 Å². The molecule has 2 aromatic rings. The number of halogens is 2. The third-order valence-electron chi connectivity index (χ3n) is 2.69. The van der Waals surface area contributed by atoms with Crippen LogP contribution in [0.2, 0.25) is 10.2 Å². The Bertz CT molecular complexity index is 605. The van der Waals surface area contributed by atoms with E-state index in [1.165, 1.54) is 0 Å². The van der Waals surface area contributed by atoms with Crippen molar-refractivity contribution in [3.63, 3.8) is 0 Å². The molecule has 2 rings (SSSR count). The molecule has 4 nitrogen and oxygen atoms in total. The Morgan fingerprint density at radius 2 is 2.00 bits per heavy atom. The van der Waals surface area contributed by atoms with Crippen LogP contribution in [0.4, 0.5) is 0 Å². The molecule has 0 radical (unpaired) electrons. The standard InChI is InChI=1S/C14H13Cl2NO3/c1-19-13-4-9(7-18)2-3-12(13)20-8-10-6-17-14(16)5-11(10)15/h2-6,18H,7-8H2,1H3. The summed E-state index contributed by atoms with van der Waals surface area (Å²) in [7, 11) is 1.54. The lowest BCUT2D eigenvalue weighted by atomic mass is 10.2. The minimum atomic E-state index is -0.0520. The predicted molar refractivity (Wildman–Crippen MR) is 77.5 cm³/mol. The molecule has 6 heteroatoms. The Labute approximate surface area is 126 Å². The Hall–Kier alpha value is -1.49. The summed E-state index contributed by atoms with van der Waals surface area (Å²) in [4.78, 5) is 3.96. The number of hydrogen-bond acceptors (Lipinski definition) is 4. The Balaban J connectivity index is 2.14. The van der Waals surface area contributed by atoms with Gasteiger partial charge in [-0.2, -0.15) is 0 Å². The molecule has 0 saturated carbocycles. The topological polar surface area (TPSA) is 51.6 Å². The maximum Gasteiger partial charge on any atom is 0.161 e. The van der Waals surface area contributed by atoms with E-state index in [1.54, 1.807) is 37.6 Å². The Kier molecular flexibility index (Phi) is 5.06. The predicted octanol–water partition coefficient (Wildman–Crippen LogP) is 3.47. The maximum absolute atomic E-state index is 9.08. The van der Waals surface area contributed by atoms with Crippen molar-refractivity contribution in [2.24, 2.45) is 0 Å². The van der Waals surface area contributed by atoms with Crippen LogP contribution in [0, 0.1) is 0 Å². The number of rotatable bonds is 5. The normalized spacial score (nSPS) is 10.4. The monoisotopic (exact) mass is 313 g/mol. The first-order chi connectivity index (χ1) is 9.63. The summed E-state index contributed by atoms with van der Waals surface area (Å²) in [6.07, 6.45) is 1.57. The van der Waals surface area contributed by atoms with E-state index in [0.717, 1.165) is 11.1 Å². The average molecular weight is 314 g/mol. The number of aliphatic hydroxyl groups excluding tert-OH is 1. The summed E-state index contributed by atoms with van der Waals surface area (Å²) in [6, 6.07) is 6.78. The summed E-state index contributed by atoms with van der Waals surface area (Å²) in [5, 5.41) is 9.92. The van der Waals surface area contributed by atoms with Gasteiger partial charge in [0.2, 0.25) is 0 Å². The molecule has 0 unspecified atom stereocenters. The van der Waals surface area contributed by atoms with Gasteiger partial charge in [0, 0.05) is 11.8 Å². The van der Waals surface area contributed by atoms with Gasteiger partial charge in [-0.05, 0) is 23.8 Å². The van der Waals surface area contributed by atoms with Crippen LogP contribution in [0.3, 0.4) is 0 Å². The minimum Gasteiger partial charge on any atom is -0.493 e. The first-order valence-electron chi connectivity index (χ1n) is 5.84. The highest BCUT2D eigenvalue weighted by Crippen LogP contribution is 2.29. The molecule has 1 aromatic carbocycles. The van der Waals surface area contributed by atoms with Gasteiger partial charge in [-0.15, -0.1) is 0 Å². The van der Waals surface area contributed by atoms with Crippen LogP contribution in [-0.4, -0.2) is 17.2 Å². The molecule has 1 aromatic heterocycles. The molecule has 0 aliphatic heterocycles. The second-order valence-electron chi connectivity index (χ2n) is 4.03. The summed E-state index contributed by atoms with van der Waals surface area (Å²) < 4.78 is 10.9. The fourth-order valence-corrected chi connectivity index (χ4v) is 2.05. The van der Waals surface area contributed by atoms with Gasteiger partial charge in [0.15, 0.2) is 11.5 Å². The molecule has 0 atom stereocenters. The molecule has 0 bridgehead atoms. The second kappa shape index (κ2) is 6.79. The number of pyridine rings is 1. The van der Waals surface area contributed by atoms with E-state index in [4.69, 9.17) is 37.8 Å². The number of methoxy groups -OCH3 is 1. The number of hydrogen-bond donors (Lipinski definition) is 1. The smallest absolute Gasteiger partial charge is 0.161 e. The van der Waals surface area contributed by atoms with E-state index in [-0.39, 0.29) is 13.2 Å². The quantitative estimate of drug-likeness (QED) is 0.859. The third kappa shape index (κ3) is 3.54. The molecule has 0 aliphatic carbocycles. The van der Waals surface area contributed by atoms with Crippen LogP contribution in [-0.2, 0) is 13.2 Å². The van der Waals surface area contributed by atoms with E-state index in [0.29, 0.717) is 21.7 Å². The lowest BCUT2D eigenvalue weighted by Crippen LogP contribution is -2.00. The zero-order valence-electron chi connectivity index (χ0n) is 10.8. The van der Waals surface area contributed by atoms with Gasteiger partial charge in [0.1, 0.15) is 11.8 Å². The number of aliphatic hydroxyl groups is 1. The number of benzene rings is 1. The molecule has 1 heterocycles. The van der Waals surface area contributed by atoms with Crippen molar-refractivity contribution >= 4 is 23.2 Å². The number of ether oxygens (including phenoxy) is 2. The summed E-state index contributed by atoms with van der Waals surface area (Å²) in [6.45, 7) is 0.196. The van der Waals surface area contributed by atoms with E-state index in [9.17, 15) is 0 Å². The lowest BCUT2D eigenvalue weighted by Gasteiger charge is -2.12. The molecule has 0 saturated heterocycles. The van der Waals surface area contributed by atoms with E-state index in [1.807, 2.05) is 0 Å². The summed E-state index contributed by atoms with van der Waals surface area (Å²) >= 11 is 11.8. The summed E-state index contributed by atoms with van der Waals surface area (Å²) in [5.74, 6) is 1.12. The van der Waals surface area contributed by atoms with E-state index in [2.05, 4.69) is 4.98 Å². The molecule has 0 spiro atoms.